The highest BCUT2D eigenvalue weighted by Crippen LogP contribution is 2.27. The van der Waals surface area contributed by atoms with Gasteiger partial charge in [-0.3, -0.25) is 4.79 Å². The van der Waals surface area contributed by atoms with Gasteiger partial charge in [0.05, 0.1) is 13.5 Å². The van der Waals surface area contributed by atoms with Crippen molar-refractivity contribution < 1.29 is 23.8 Å². The molecule has 0 saturated carbocycles. The number of ether oxygens (including phenoxy) is 3. The highest BCUT2D eigenvalue weighted by Gasteiger charge is 2.32. The molecule has 1 amide bonds. The summed E-state index contributed by atoms with van der Waals surface area (Å²) in [7, 11) is 1.58. The average molecular weight is 351 g/mol. The van der Waals surface area contributed by atoms with Gasteiger partial charge in [0.1, 0.15) is 17.5 Å². The van der Waals surface area contributed by atoms with E-state index in [1.54, 1.807) is 52.1 Å². The number of methoxy groups -OCH3 is 1. The van der Waals surface area contributed by atoms with E-state index in [0.717, 1.165) is 0 Å². The molecule has 0 aromatic heterocycles. The first kappa shape index (κ1) is 20.8. The molecule has 6 nitrogen and oxygen atoms in total. The number of amides is 1. The summed E-state index contributed by atoms with van der Waals surface area (Å²) in [6, 6.07) is 7.01. The number of anilines is 1. The summed E-state index contributed by atoms with van der Waals surface area (Å²) in [6.45, 7) is 11.0. The van der Waals surface area contributed by atoms with Crippen molar-refractivity contribution in [3.63, 3.8) is 0 Å². The van der Waals surface area contributed by atoms with E-state index in [9.17, 15) is 9.59 Å². The number of carbonyl (C=O) groups excluding carboxylic acids is 2. The summed E-state index contributed by atoms with van der Waals surface area (Å²) in [6.07, 6.45) is -1.35. The summed E-state index contributed by atoms with van der Waals surface area (Å²) in [5, 5.41) is 2.79. The van der Waals surface area contributed by atoms with Crippen molar-refractivity contribution in [2.75, 3.05) is 12.4 Å². The van der Waals surface area contributed by atoms with E-state index in [1.807, 2.05) is 20.8 Å². The van der Waals surface area contributed by atoms with Gasteiger partial charge in [0.25, 0.3) is 0 Å². The van der Waals surface area contributed by atoms with Crippen molar-refractivity contribution in [2.24, 2.45) is 5.41 Å². The second kappa shape index (κ2) is 8.23. The first-order valence-corrected chi connectivity index (χ1v) is 8.24. The summed E-state index contributed by atoms with van der Waals surface area (Å²) < 4.78 is 15.7. The smallest absolute Gasteiger partial charge is 0.497 e. The molecule has 140 valence electrons. The fourth-order valence-electron chi connectivity index (χ4n) is 1.97. The second-order valence-corrected chi connectivity index (χ2v) is 7.92. The number of nitrogens with one attached hydrogen (secondary N) is 1. The Labute approximate surface area is 149 Å². The summed E-state index contributed by atoms with van der Waals surface area (Å²) in [4.78, 5) is 24.3. The molecule has 1 aromatic rings. The van der Waals surface area contributed by atoms with Gasteiger partial charge in [0.2, 0.25) is 5.91 Å². The van der Waals surface area contributed by atoms with E-state index in [0.29, 0.717) is 11.4 Å². The fraction of sp³-hybridized carbons (Fsp3) is 0.579. The molecule has 0 radical (unpaired) electrons. The zero-order chi connectivity index (χ0) is 19.3. The van der Waals surface area contributed by atoms with Gasteiger partial charge in [-0.25, -0.2) is 4.79 Å². The van der Waals surface area contributed by atoms with Crippen LogP contribution in [0.1, 0.15) is 48.0 Å². The minimum Gasteiger partial charge on any atom is -0.497 e. The maximum absolute atomic E-state index is 12.3. The van der Waals surface area contributed by atoms with Crippen LogP contribution in [0.3, 0.4) is 0 Å². The van der Waals surface area contributed by atoms with Crippen LogP contribution in [-0.4, -0.2) is 30.9 Å². The topological polar surface area (TPSA) is 73.9 Å². The first-order chi connectivity index (χ1) is 11.4. The van der Waals surface area contributed by atoms with Crippen molar-refractivity contribution >= 4 is 17.7 Å². The van der Waals surface area contributed by atoms with E-state index < -0.39 is 23.3 Å². The molecule has 1 N–H and O–H groups in total. The summed E-state index contributed by atoms with van der Waals surface area (Å²) in [5.41, 5.74) is -0.408. The Morgan fingerprint density at radius 2 is 1.60 bits per heavy atom. The van der Waals surface area contributed by atoms with Gasteiger partial charge >= 0.3 is 6.16 Å². The number of hydrogen-bond donors (Lipinski definition) is 1. The Balaban J connectivity index is 2.70. The molecule has 1 aromatic carbocycles. The van der Waals surface area contributed by atoms with Gasteiger partial charge < -0.3 is 19.5 Å². The molecule has 0 aliphatic heterocycles. The quantitative estimate of drug-likeness (QED) is 0.796. The van der Waals surface area contributed by atoms with Crippen molar-refractivity contribution in [3.8, 4) is 5.75 Å². The molecule has 0 aliphatic rings. The van der Waals surface area contributed by atoms with E-state index >= 15 is 0 Å². The number of carbonyl (C=O) groups is 2. The molecule has 0 fully saturated rings. The van der Waals surface area contributed by atoms with Gasteiger partial charge in [-0.1, -0.05) is 20.8 Å². The maximum atomic E-state index is 12.3. The van der Waals surface area contributed by atoms with E-state index in [2.05, 4.69) is 5.32 Å². The van der Waals surface area contributed by atoms with Crippen LogP contribution in [0.2, 0.25) is 0 Å². The van der Waals surface area contributed by atoms with Gasteiger partial charge in [-0.15, -0.1) is 0 Å². The highest BCUT2D eigenvalue weighted by molar-refractivity contribution is 5.91. The molecule has 0 saturated heterocycles. The third-order valence-corrected chi connectivity index (χ3v) is 3.34. The third-order valence-electron chi connectivity index (χ3n) is 3.34. The van der Waals surface area contributed by atoms with E-state index in [4.69, 9.17) is 14.2 Å². The molecule has 6 heteroatoms. The fourth-order valence-corrected chi connectivity index (χ4v) is 1.97. The second-order valence-electron chi connectivity index (χ2n) is 7.92. The average Bonchev–Trinajstić information content (AvgIpc) is 2.44. The lowest BCUT2D eigenvalue weighted by Crippen LogP contribution is -2.37. The van der Waals surface area contributed by atoms with Crippen LogP contribution in [0.4, 0.5) is 10.5 Å². The molecule has 0 heterocycles. The lowest BCUT2D eigenvalue weighted by Gasteiger charge is -2.30. The van der Waals surface area contributed by atoms with Crippen LogP contribution in [0.5, 0.6) is 5.75 Å². The molecule has 25 heavy (non-hydrogen) atoms. The monoisotopic (exact) mass is 351 g/mol. The van der Waals surface area contributed by atoms with E-state index in [1.165, 1.54) is 0 Å². The van der Waals surface area contributed by atoms with Crippen molar-refractivity contribution in [1.82, 2.24) is 0 Å². The van der Waals surface area contributed by atoms with Crippen LogP contribution >= 0.6 is 0 Å². The maximum Gasteiger partial charge on any atom is 0.509 e. The van der Waals surface area contributed by atoms with Crippen LogP contribution in [0.15, 0.2) is 24.3 Å². The predicted octanol–water partition coefficient (Wildman–Crippen LogP) is 4.39. The standard InChI is InChI=1S/C19H29NO5/c1-18(2,3)15(24-17(22)25-19(4,5)6)12-16(21)20-13-8-10-14(23-7)11-9-13/h8-11,15H,12H2,1-7H3,(H,20,21)/t15-/m1/s1. The first-order valence-electron chi connectivity index (χ1n) is 8.24. The molecule has 0 spiro atoms. The van der Waals surface area contributed by atoms with Crippen molar-refractivity contribution in [3.05, 3.63) is 24.3 Å². The van der Waals surface area contributed by atoms with Gasteiger partial charge in [0, 0.05) is 5.69 Å². The number of rotatable bonds is 5. The Morgan fingerprint density at radius 1 is 1.04 bits per heavy atom. The zero-order valence-corrected chi connectivity index (χ0v) is 16.1. The van der Waals surface area contributed by atoms with E-state index in [-0.39, 0.29) is 12.3 Å². The summed E-state index contributed by atoms with van der Waals surface area (Å²) in [5.74, 6) is 0.465. The van der Waals surface area contributed by atoms with Crippen molar-refractivity contribution in [1.29, 1.82) is 0 Å². The minimum absolute atomic E-state index is 0.0365. The van der Waals surface area contributed by atoms with Crippen LogP contribution in [0, 0.1) is 5.41 Å². The molecule has 0 bridgehead atoms. The Hall–Kier alpha value is -2.24. The molecular weight excluding hydrogens is 322 g/mol. The molecular formula is C19H29NO5. The van der Waals surface area contributed by atoms with Gasteiger partial charge in [0.15, 0.2) is 0 Å². The third kappa shape index (κ3) is 7.92. The van der Waals surface area contributed by atoms with Gasteiger partial charge in [-0.05, 0) is 50.5 Å². The Morgan fingerprint density at radius 3 is 2.04 bits per heavy atom. The lowest BCUT2D eigenvalue weighted by molar-refractivity contribution is -0.121. The molecule has 0 unspecified atom stereocenters. The van der Waals surface area contributed by atoms with Crippen molar-refractivity contribution in [2.45, 2.75) is 59.7 Å². The zero-order valence-electron chi connectivity index (χ0n) is 16.1. The molecule has 0 aliphatic carbocycles. The Bertz CT molecular complexity index is 581. The Kier molecular flexibility index (Phi) is 6.85. The largest absolute Gasteiger partial charge is 0.509 e. The molecule has 1 rings (SSSR count). The van der Waals surface area contributed by atoms with Gasteiger partial charge in [-0.2, -0.15) is 0 Å². The minimum atomic E-state index is -0.773. The van der Waals surface area contributed by atoms with Crippen LogP contribution < -0.4 is 10.1 Å². The van der Waals surface area contributed by atoms with Crippen LogP contribution in [0.25, 0.3) is 0 Å². The number of benzene rings is 1. The summed E-state index contributed by atoms with van der Waals surface area (Å²) >= 11 is 0. The predicted molar refractivity (Wildman–Crippen MR) is 96.8 cm³/mol. The normalized spacial score (nSPS) is 12.9. The number of hydrogen-bond acceptors (Lipinski definition) is 5. The lowest BCUT2D eigenvalue weighted by atomic mass is 9.87. The SMILES string of the molecule is COc1ccc(NC(=O)C[C@@H](OC(=O)OC(C)(C)C)C(C)(C)C)cc1. The van der Waals surface area contributed by atoms with Crippen LogP contribution in [-0.2, 0) is 14.3 Å². The molecule has 1 atom stereocenters. The highest BCUT2D eigenvalue weighted by atomic mass is 16.7.